The van der Waals surface area contributed by atoms with Crippen LogP contribution < -0.4 is 15.6 Å². The number of amides is 1. The van der Waals surface area contributed by atoms with E-state index in [-0.39, 0.29) is 18.0 Å². The Labute approximate surface area is 141 Å². The van der Waals surface area contributed by atoms with Gasteiger partial charge in [0, 0.05) is 37.9 Å². The van der Waals surface area contributed by atoms with Gasteiger partial charge in [-0.25, -0.2) is 5.43 Å². The van der Waals surface area contributed by atoms with Gasteiger partial charge in [0.15, 0.2) is 0 Å². The third kappa shape index (κ3) is 3.72. The van der Waals surface area contributed by atoms with Crippen molar-refractivity contribution in [3.05, 3.63) is 59.9 Å². The van der Waals surface area contributed by atoms with Gasteiger partial charge in [0.1, 0.15) is 11.4 Å². The maximum absolute atomic E-state index is 12.5. The van der Waals surface area contributed by atoms with Crippen molar-refractivity contribution in [2.24, 2.45) is 0 Å². The van der Waals surface area contributed by atoms with Gasteiger partial charge in [0.2, 0.25) is 0 Å². The fourth-order valence-corrected chi connectivity index (χ4v) is 2.91. The second kappa shape index (κ2) is 7.42. The summed E-state index contributed by atoms with van der Waals surface area (Å²) in [4.78, 5) is 18.3. The zero-order valence-electron chi connectivity index (χ0n) is 13.9. The third-order valence-corrected chi connectivity index (χ3v) is 4.21. The average Bonchev–Trinajstić information content (AvgIpc) is 3.10. The van der Waals surface area contributed by atoms with Gasteiger partial charge in [-0.05, 0) is 18.1 Å². The first-order valence-electron chi connectivity index (χ1n) is 7.99. The summed E-state index contributed by atoms with van der Waals surface area (Å²) >= 11 is 0. The first-order valence-corrected chi connectivity index (χ1v) is 7.99. The molecule has 1 amide bonds. The Morgan fingerprint density at radius 1 is 1.29 bits per heavy atom. The molecule has 1 aliphatic heterocycles. The molecule has 126 valence electrons. The van der Waals surface area contributed by atoms with E-state index >= 15 is 0 Å². The third-order valence-electron chi connectivity index (χ3n) is 4.21. The van der Waals surface area contributed by atoms with Gasteiger partial charge in [-0.2, -0.15) is 0 Å². The van der Waals surface area contributed by atoms with Crippen molar-refractivity contribution in [3.8, 4) is 5.75 Å². The number of hydrazine groups is 1. The predicted molar refractivity (Wildman–Crippen MR) is 91.6 cm³/mol. The molecular formula is C18H22N4O2. The Morgan fingerprint density at radius 3 is 2.83 bits per heavy atom. The highest BCUT2D eigenvalue weighted by Crippen LogP contribution is 2.22. The van der Waals surface area contributed by atoms with Gasteiger partial charge in [-0.1, -0.05) is 30.3 Å². The van der Waals surface area contributed by atoms with Crippen LogP contribution in [0.25, 0.3) is 0 Å². The SMILES string of the molecule is COc1ccnc(C(=O)N(C)CC2CC(c3ccccc3)NN2)c1. The van der Waals surface area contributed by atoms with Crippen LogP contribution in [0.15, 0.2) is 48.7 Å². The van der Waals surface area contributed by atoms with E-state index in [4.69, 9.17) is 4.74 Å². The summed E-state index contributed by atoms with van der Waals surface area (Å²) < 4.78 is 5.15. The Bertz CT molecular complexity index is 692. The van der Waals surface area contributed by atoms with E-state index in [1.54, 1.807) is 37.4 Å². The van der Waals surface area contributed by atoms with E-state index in [0.717, 1.165) is 6.42 Å². The summed E-state index contributed by atoms with van der Waals surface area (Å²) in [5, 5.41) is 0. The maximum atomic E-state index is 12.5. The normalized spacial score (nSPS) is 19.9. The molecule has 1 fully saturated rings. The van der Waals surface area contributed by atoms with E-state index in [9.17, 15) is 4.79 Å². The lowest BCUT2D eigenvalue weighted by Gasteiger charge is -2.20. The number of hydrogen-bond acceptors (Lipinski definition) is 5. The van der Waals surface area contributed by atoms with Crippen molar-refractivity contribution in [1.29, 1.82) is 0 Å². The lowest BCUT2D eigenvalue weighted by molar-refractivity contribution is 0.0776. The number of carbonyl (C=O) groups is 1. The monoisotopic (exact) mass is 326 g/mol. The van der Waals surface area contributed by atoms with Crippen LogP contribution in [-0.4, -0.2) is 42.5 Å². The summed E-state index contributed by atoms with van der Waals surface area (Å²) in [5.74, 6) is 0.519. The molecule has 0 spiro atoms. The van der Waals surface area contributed by atoms with E-state index in [2.05, 4.69) is 28.0 Å². The van der Waals surface area contributed by atoms with Crippen molar-refractivity contribution in [1.82, 2.24) is 20.7 Å². The van der Waals surface area contributed by atoms with Crippen molar-refractivity contribution < 1.29 is 9.53 Å². The predicted octanol–water partition coefficient (Wildman–Crippen LogP) is 1.77. The van der Waals surface area contributed by atoms with Gasteiger partial charge >= 0.3 is 0 Å². The van der Waals surface area contributed by atoms with E-state index in [1.165, 1.54) is 5.56 Å². The number of aromatic nitrogens is 1. The summed E-state index contributed by atoms with van der Waals surface area (Å²) in [5.41, 5.74) is 8.22. The minimum absolute atomic E-state index is 0.112. The van der Waals surface area contributed by atoms with E-state index in [0.29, 0.717) is 18.0 Å². The van der Waals surface area contributed by atoms with Crippen LogP contribution in [0.1, 0.15) is 28.5 Å². The fraction of sp³-hybridized carbons (Fsp3) is 0.333. The lowest BCUT2D eigenvalue weighted by Crippen LogP contribution is -2.41. The van der Waals surface area contributed by atoms with Gasteiger partial charge in [-0.3, -0.25) is 15.2 Å². The molecule has 2 N–H and O–H groups in total. The van der Waals surface area contributed by atoms with Gasteiger partial charge in [0.05, 0.1) is 7.11 Å². The molecule has 6 heteroatoms. The van der Waals surface area contributed by atoms with E-state index < -0.39 is 0 Å². The van der Waals surface area contributed by atoms with Gasteiger partial charge in [-0.15, -0.1) is 0 Å². The molecular weight excluding hydrogens is 304 g/mol. The van der Waals surface area contributed by atoms with Gasteiger partial charge < -0.3 is 9.64 Å². The topological polar surface area (TPSA) is 66.5 Å². The molecule has 24 heavy (non-hydrogen) atoms. The second-order valence-electron chi connectivity index (χ2n) is 5.95. The van der Waals surface area contributed by atoms with Crippen LogP contribution in [0.4, 0.5) is 0 Å². The molecule has 0 aliphatic carbocycles. The number of likely N-dealkylation sites (N-methyl/N-ethyl adjacent to an activating group) is 1. The van der Waals surface area contributed by atoms with Crippen LogP contribution in [0, 0.1) is 0 Å². The van der Waals surface area contributed by atoms with Crippen LogP contribution in [0.2, 0.25) is 0 Å². The molecule has 0 radical (unpaired) electrons. The number of hydrogen-bond donors (Lipinski definition) is 2. The van der Waals surface area contributed by atoms with Crippen molar-refractivity contribution in [2.45, 2.75) is 18.5 Å². The summed E-state index contributed by atoms with van der Waals surface area (Å²) in [6.45, 7) is 0.605. The number of carbonyl (C=O) groups excluding carboxylic acids is 1. The average molecular weight is 326 g/mol. The summed E-state index contributed by atoms with van der Waals surface area (Å²) in [7, 11) is 3.37. The highest BCUT2D eigenvalue weighted by Gasteiger charge is 2.27. The largest absolute Gasteiger partial charge is 0.497 e. The molecule has 2 unspecified atom stereocenters. The molecule has 1 aliphatic rings. The Morgan fingerprint density at radius 2 is 2.08 bits per heavy atom. The first kappa shape index (κ1) is 16.4. The summed E-state index contributed by atoms with van der Waals surface area (Å²) in [6.07, 6.45) is 2.51. The summed E-state index contributed by atoms with van der Waals surface area (Å²) in [6, 6.07) is 14.1. The number of methoxy groups -OCH3 is 1. The Balaban J connectivity index is 1.59. The Hall–Kier alpha value is -2.44. The lowest BCUT2D eigenvalue weighted by atomic mass is 10.0. The number of nitrogens with zero attached hydrogens (tertiary/aromatic N) is 2. The maximum Gasteiger partial charge on any atom is 0.272 e. The number of benzene rings is 1. The zero-order chi connectivity index (χ0) is 16.9. The van der Waals surface area contributed by atoms with Crippen LogP contribution in [0.3, 0.4) is 0 Å². The number of rotatable bonds is 5. The highest BCUT2D eigenvalue weighted by molar-refractivity contribution is 5.92. The molecule has 1 aromatic carbocycles. The second-order valence-corrected chi connectivity index (χ2v) is 5.95. The van der Waals surface area contributed by atoms with Crippen molar-refractivity contribution >= 4 is 5.91 Å². The minimum atomic E-state index is -0.112. The standard InChI is InChI=1S/C18H22N4O2/c1-22(18(23)17-11-15(24-2)8-9-19-17)12-14-10-16(21-20-14)13-6-4-3-5-7-13/h3-9,11,14,16,20-21H,10,12H2,1-2H3. The number of nitrogens with one attached hydrogen (secondary N) is 2. The zero-order valence-corrected chi connectivity index (χ0v) is 13.9. The molecule has 2 aromatic rings. The minimum Gasteiger partial charge on any atom is -0.497 e. The number of ether oxygens (including phenoxy) is 1. The molecule has 3 rings (SSSR count). The molecule has 2 atom stereocenters. The van der Waals surface area contributed by atoms with E-state index in [1.807, 2.05) is 18.2 Å². The molecule has 0 bridgehead atoms. The molecule has 1 saturated heterocycles. The molecule has 1 aromatic heterocycles. The fourth-order valence-electron chi connectivity index (χ4n) is 2.91. The molecule has 6 nitrogen and oxygen atoms in total. The molecule has 0 saturated carbocycles. The van der Waals surface area contributed by atoms with Crippen LogP contribution in [-0.2, 0) is 0 Å². The van der Waals surface area contributed by atoms with Crippen LogP contribution >= 0.6 is 0 Å². The van der Waals surface area contributed by atoms with Crippen LogP contribution in [0.5, 0.6) is 5.75 Å². The smallest absolute Gasteiger partial charge is 0.272 e. The van der Waals surface area contributed by atoms with Gasteiger partial charge in [0.25, 0.3) is 5.91 Å². The van der Waals surface area contributed by atoms with Crippen molar-refractivity contribution in [2.75, 3.05) is 20.7 Å². The first-order chi connectivity index (χ1) is 11.7. The highest BCUT2D eigenvalue weighted by atomic mass is 16.5. The van der Waals surface area contributed by atoms with Crippen molar-refractivity contribution in [3.63, 3.8) is 0 Å². The molecule has 2 heterocycles. The Kier molecular flexibility index (Phi) is 5.08. The quantitative estimate of drug-likeness (QED) is 0.877. The number of pyridine rings is 1.